The average Bonchev–Trinajstić information content (AvgIpc) is 3.19. The number of benzene rings is 2. The lowest BCUT2D eigenvalue weighted by Gasteiger charge is -2.45. The van der Waals surface area contributed by atoms with E-state index < -0.39 is 41.3 Å². The molecule has 2 aliphatic rings. The predicted octanol–water partition coefficient (Wildman–Crippen LogP) is 3.50. The Balaban J connectivity index is 1.55. The molecule has 0 radical (unpaired) electrons. The SMILES string of the molecule is CC(=O)O[C@H]1C[C@@H](C)[C@H]2[C@H](n3cc(C)c(=O)[nH]c3=O)O[C@]1(COCc1ccccc1)[C@H]2OCc1ccccc1. The van der Waals surface area contributed by atoms with Crippen LogP contribution in [0.5, 0.6) is 0 Å². The third kappa shape index (κ3) is 5.48. The van der Waals surface area contributed by atoms with Crippen molar-refractivity contribution in [2.45, 2.75) is 64.4 Å². The summed E-state index contributed by atoms with van der Waals surface area (Å²) >= 11 is 0. The maximum Gasteiger partial charge on any atom is 0.330 e. The Morgan fingerprint density at radius 1 is 1.05 bits per heavy atom. The zero-order chi connectivity index (χ0) is 27.6. The number of fused-ring (bicyclic) bond motifs is 2. The normalized spacial score (nSPS) is 27.8. The number of hydrogen-bond acceptors (Lipinski definition) is 7. The Labute approximate surface area is 226 Å². The molecular weight excluding hydrogens is 500 g/mol. The first kappa shape index (κ1) is 27.1. The third-order valence-corrected chi connectivity index (χ3v) is 7.73. The number of aromatic amines is 1. The van der Waals surface area contributed by atoms with Crippen molar-refractivity contribution in [1.82, 2.24) is 9.55 Å². The maximum atomic E-state index is 13.0. The second-order valence-electron chi connectivity index (χ2n) is 10.5. The van der Waals surface area contributed by atoms with Gasteiger partial charge in [-0.1, -0.05) is 67.6 Å². The van der Waals surface area contributed by atoms with Crippen molar-refractivity contribution in [1.29, 1.82) is 0 Å². The zero-order valence-corrected chi connectivity index (χ0v) is 22.4. The van der Waals surface area contributed by atoms with Gasteiger partial charge >= 0.3 is 11.7 Å². The summed E-state index contributed by atoms with van der Waals surface area (Å²) in [6.07, 6.45) is 0.0442. The highest BCUT2D eigenvalue weighted by atomic mass is 16.6. The second-order valence-corrected chi connectivity index (χ2v) is 10.5. The summed E-state index contributed by atoms with van der Waals surface area (Å²) < 4.78 is 26.9. The van der Waals surface area contributed by atoms with Crippen molar-refractivity contribution < 1.29 is 23.7 Å². The molecule has 5 rings (SSSR count). The van der Waals surface area contributed by atoms with Gasteiger partial charge in [0, 0.05) is 24.6 Å². The Hall–Kier alpha value is -3.53. The number of ether oxygens (including phenoxy) is 4. The molecule has 1 aliphatic carbocycles. The summed E-state index contributed by atoms with van der Waals surface area (Å²) in [5.74, 6) is -0.744. The van der Waals surface area contributed by atoms with Crippen molar-refractivity contribution in [3.8, 4) is 0 Å². The molecule has 9 heteroatoms. The molecule has 2 heterocycles. The van der Waals surface area contributed by atoms with Crippen molar-refractivity contribution in [3.05, 3.63) is 104 Å². The molecule has 0 unspecified atom stereocenters. The number of H-pyrrole nitrogens is 1. The van der Waals surface area contributed by atoms with E-state index in [0.717, 1.165) is 11.1 Å². The molecule has 1 aliphatic heterocycles. The van der Waals surface area contributed by atoms with Gasteiger partial charge in [0.2, 0.25) is 0 Å². The van der Waals surface area contributed by atoms with Crippen LogP contribution in [0.1, 0.15) is 43.2 Å². The van der Waals surface area contributed by atoms with Gasteiger partial charge in [0.1, 0.15) is 18.4 Å². The minimum Gasteiger partial charge on any atom is -0.459 e. The van der Waals surface area contributed by atoms with E-state index in [9.17, 15) is 14.4 Å². The fraction of sp³-hybridized carbons (Fsp3) is 0.433. The molecule has 1 aromatic heterocycles. The van der Waals surface area contributed by atoms with Crippen LogP contribution in [0.15, 0.2) is 76.4 Å². The van der Waals surface area contributed by atoms with Gasteiger partial charge in [0.15, 0.2) is 5.60 Å². The number of aromatic nitrogens is 2. The smallest absolute Gasteiger partial charge is 0.330 e. The fourth-order valence-electron chi connectivity index (χ4n) is 5.87. The molecule has 2 aromatic carbocycles. The highest BCUT2D eigenvalue weighted by molar-refractivity contribution is 5.66. The van der Waals surface area contributed by atoms with E-state index in [0.29, 0.717) is 25.2 Å². The van der Waals surface area contributed by atoms with Gasteiger partial charge in [-0.3, -0.25) is 19.1 Å². The molecule has 6 atom stereocenters. The van der Waals surface area contributed by atoms with Gasteiger partial charge in [0.05, 0.1) is 19.8 Å². The molecule has 1 saturated heterocycles. The molecule has 2 bridgehead atoms. The van der Waals surface area contributed by atoms with Gasteiger partial charge in [-0.15, -0.1) is 0 Å². The average molecular weight is 535 g/mol. The van der Waals surface area contributed by atoms with E-state index in [1.165, 1.54) is 17.7 Å². The summed E-state index contributed by atoms with van der Waals surface area (Å²) in [6, 6.07) is 19.5. The van der Waals surface area contributed by atoms with Crippen LogP contribution in [0.3, 0.4) is 0 Å². The van der Waals surface area contributed by atoms with Gasteiger partial charge in [-0.05, 0) is 30.4 Å². The first-order chi connectivity index (χ1) is 18.8. The molecule has 3 aromatic rings. The van der Waals surface area contributed by atoms with E-state index >= 15 is 0 Å². The van der Waals surface area contributed by atoms with Crippen LogP contribution in [0.25, 0.3) is 0 Å². The third-order valence-electron chi connectivity index (χ3n) is 7.73. The highest BCUT2D eigenvalue weighted by Gasteiger charge is 2.66. The summed E-state index contributed by atoms with van der Waals surface area (Å²) in [5, 5.41) is 0. The van der Waals surface area contributed by atoms with Crippen LogP contribution in [0.4, 0.5) is 0 Å². The summed E-state index contributed by atoms with van der Waals surface area (Å²) in [7, 11) is 0. The lowest BCUT2D eigenvalue weighted by atomic mass is 9.70. The topological polar surface area (TPSA) is 109 Å². The Morgan fingerprint density at radius 2 is 1.69 bits per heavy atom. The number of carbonyl (C=O) groups is 1. The lowest BCUT2D eigenvalue weighted by molar-refractivity contribution is -0.223. The van der Waals surface area contributed by atoms with E-state index in [2.05, 4.69) is 4.98 Å². The molecule has 39 heavy (non-hydrogen) atoms. The number of nitrogens with one attached hydrogen (secondary N) is 1. The van der Waals surface area contributed by atoms with E-state index in [4.69, 9.17) is 18.9 Å². The van der Waals surface area contributed by atoms with Crippen LogP contribution < -0.4 is 11.2 Å². The Bertz CT molecular complexity index is 1400. The lowest BCUT2D eigenvalue weighted by Crippen LogP contribution is -2.61. The van der Waals surface area contributed by atoms with Crippen molar-refractivity contribution >= 4 is 5.97 Å². The molecule has 0 spiro atoms. The van der Waals surface area contributed by atoms with E-state index in [1.807, 2.05) is 67.6 Å². The number of aryl methyl sites for hydroxylation is 1. The highest BCUT2D eigenvalue weighted by Crippen LogP contribution is 2.55. The molecule has 0 amide bonds. The molecule has 2 fully saturated rings. The molecule has 1 N–H and O–H groups in total. The monoisotopic (exact) mass is 534 g/mol. The minimum absolute atomic E-state index is 0.0380. The van der Waals surface area contributed by atoms with Crippen LogP contribution in [0, 0.1) is 18.8 Å². The quantitative estimate of drug-likeness (QED) is 0.419. The van der Waals surface area contributed by atoms with Gasteiger partial charge in [0.25, 0.3) is 5.56 Å². The Kier molecular flexibility index (Phi) is 7.83. The van der Waals surface area contributed by atoms with Crippen LogP contribution in [-0.2, 0) is 37.0 Å². The summed E-state index contributed by atoms with van der Waals surface area (Å²) in [6.45, 7) is 5.76. The first-order valence-corrected chi connectivity index (χ1v) is 13.2. The number of esters is 1. The standard InChI is InChI=1S/C30H34N2O7/c1-19-14-24(38-21(3)33)30(18-36-16-22-10-6-4-7-11-22)26(37-17-23-12-8-5-9-13-23)25(19)28(39-30)32-15-20(2)27(34)31-29(32)35/h4-13,15,19,24-26,28H,14,16-18H2,1-3H3,(H,31,34,35)/t19-,24+,25-,26+,28-,30+/m1/s1. The largest absolute Gasteiger partial charge is 0.459 e. The number of nitrogens with zero attached hydrogens (tertiary/aromatic N) is 1. The second kappa shape index (κ2) is 11.3. The van der Waals surface area contributed by atoms with Gasteiger partial charge in [-0.25, -0.2) is 4.79 Å². The van der Waals surface area contributed by atoms with E-state index in [-0.39, 0.29) is 18.4 Å². The van der Waals surface area contributed by atoms with E-state index in [1.54, 1.807) is 6.92 Å². The number of carbonyl (C=O) groups excluding carboxylic acids is 1. The Morgan fingerprint density at radius 3 is 2.33 bits per heavy atom. The van der Waals surface area contributed by atoms with Gasteiger partial charge in [-0.2, -0.15) is 0 Å². The number of hydrogen-bond donors (Lipinski definition) is 1. The van der Waals surface area contributed by atoms with Crippen LogP contribution in [-0.4, -0.2) is 39.9 Å². The fourth-order valence-corrected chi connectivity index (χ4v) is 5.87. The molecule has 1 saturated carbocycles. The molecule has 9 nitrogen and oxygen atoms in total. The van der Waals surface area contributed by atoms with Crippen LogP contribution in [0.2, 0.25) is 0 Å². The predicted molar refractivity (Wildman–Crippen MR) is 143 cm³/mol. The van der Waals surface area contributed by atoms with Crippen molar-refractivity contribution in [3.63, 3.8) is 0 Å². The number of rotatable bonds is 9. The first-order valence-electron chi connectivity index (χ1n) is 13.2. The van der Waals surface area contributed by atoms with Gasteiger partial charge < -0.3 is 18.9 Å². The molecular formula is C30H34N2O7. The van der Waals surface area contributed by atoms with Crippen molar-refractivity contribution in [2.75, 3.05) is 6.61 Å². The van der Waals surface area contributed by atoms with Crippen molar-refractivity contribution in [2.24, 2.45) is 11.8 Å². The molecule has 206 valence electrons. The zero-order valence-electron chi connectivity index (χ0n) is 22.4. The minimum atomic E-state index is -1.18. The maximum absolute atomic E-state index is 13.0. The summed E-state index contributed by atoms with van der Waals surface area (Å²) in [4.78, 5) is 39.8. The summed E-state index contributed by atoms with van der Waals surface area (Å²) in [5.41, 5.74) is 0.165. The van der Waals surface area contributed by atoms with Crippen LogP contribution >= 0.6 is 0 Å².